The second-order valence-corrected chi connectivity index (χ2v) is 7.05. The number of ketones is 1. The van der Waals surface area contributed by atoms with Crippen molar-refractivity contribution in [2.45, 2.75) is 14.6 Å². The standard InChI is InChI=1S/C14H10Cl2O3S/c15-14(16)13(17)10-6-8-12(9-7-10)20(18,19)11-4-2-1-3-5-11/h1-9,14H. The van der Waals surface area contributed by atoms with Crippen LogP contribution in [-0.2, 0) is 9.84 Å². The molecular weight excluding hydrogens is 319 g/mol. The van der Waals surface area contributed by atoms with Crippen molar-refractivity contribution in [3.63, 3.8) is 0 Å². The Balaban J connectivity index is 2.38. The third-order valence-electron chi connectivity index (χ3n) is 2.70. The summed E-state index contributed by atoms with van der Waals surface area (Å²) in [7, 11) is -3.58. The van der Waals surface area contributed by atoms with Crippen molar-refractivity contribution in [2.24, 2.45) is 0 Å². The molecule has 0 bridgehead atoms. The first-order valence-electron chi connectivity index (χ1n) is 5.65. The molecule has 6 heteroatoms. The molecule has 104 valence electrons. The molecule has 0 saturated heterocycles. The molecule has 0 fully saturated rings. The summed E-state index contributed by atoms with van der Waals surface area (Å²) in [5.74, 6) is -0.461. The van der Waals surface area contributed by atoms with Crippen molar-refractivity contribution in [3.05, 3.63) is 60.2 Å². The summed E-state index contributed by atoms with van der Waals surface area (Å²) < 4.78 is 24.6. The molecule has 0 aliphatic heterocycles. The molecule has 0 aromatic heterocycles. The van der Waals surface area contributed by atoms with E-state index in [1.165, 1.54) is 36.4 Å². The monoisotopic (exact) mass is 328 g/mol. The predicted octanol–water partition coefficient (Wildman–Crippen LogP) is 3.51. The van der Waals surface area contributed by atoms with Gasteiger partial charge in [0.25, 0.3) is 0 Å². The van der Waals surface area contributed by atoms with E-state index in [-0.39, 0.29) is 15.4 Å². The number of hydrogen-bond acceptors (Lipinski definition) is 3. The van der Waals surface area contributed by atoms with Gasteiger partial charge in [-0.3, -0.25) is 4.79 Å². The first kappa shape index (κ1) is 15.0. The Bertz CT molecular complexity index is 708. The minimum Gasteiger partial charge on any atom is -0.291 e. The van der Waals surface area contributed by atoms with Crippen molar-refractivity contribution in [1.29, 1.82) is 0 Å². The fourth-order valence-electron chi connectivity index (χ4n) is 1.66. The first-order chi connectivity index (χ1) is 9.43. The lowest BCUT2D eigenvalue weighted by Crippen LogP contribution is -2.08. The molecule has 0 atom stereocenters. The van der Waals surface area contributed by atoms with Crippen LogP contribution in [0.1, 0.15) is 10.4 Å². The second kappa shape index (κ2) is 5.95. The van der Waals surface area contributed by atoms with Gasteiger partial charge in [0.2, 0.25) is 9.84 Å². The van der Waals surface area contributed by atoms with Gasteiger partial charge < -0.3 is 0 Å². The first-order valence-corrected chi connectivity index (χ1v) is 8.01. The van der Waals surface area contributed by atoms with E-state index in [1.54, 1.807) is 18.2 Å². The van der Waals surface area contributed by atoms with Crippen molar-refractivity contribution >= 4 is 38.8 Å². The van der Waals surface area contributed by atoms with Gasteiger partial charge in [-0.05, 0) is 24.3 Å². The van der Waals surface area contributed by atoms with Gasteiger partial charge in [-0.2, -0.15) is 0 Å². The molecule has 0 heterocycles. The average molecular weight is 329 g/mol. The van der Waals surface area contributed by atoms with Crippen LogP contribution in [0.2, 0.25) is 0 Å². The van der Waals surface area contributed by atoms with Gasteiger partial charge in [0.1, 0.15) is 0 Å². The third kappa shape index (κ3) is 3.03. The summed E-state index contributed by atoms with van der Waals surface area (Å²) in [6.45, 7) is 0. The van der Waals surface area contributed by atoms with Crippen molar-refractivity contribution in [2.75, 3.05) is 0 Å². The van der Waals surface area contributed by atoms with E-state index in [4.69, 9.17) is 23.2 Å². The second-order valence-electron chi connectivity index (χ2n) is 4.01. The number of alkyl halides is 2. The molecule has 0 aliphatic rings. The molecule has 0 unspecified atom stereocenters. The van der Waals surface area contributed by atoms with E-state index in [9.17, 15) is 13.2 Å². The molecule has 0 radical (unpaired) electrons. The van der Waals surface area contributed by atoms with Gasteiger partial charge in [0, 0.05) is 5.56 Å². The molecule has 0 saturated carbocycles. The average Bonchev–Trinajstić information content (AvgIpc) is 2.47. The van der Waals surface area contributed by atoms with E-state index in [1.807, 2.05) is 0 Å². The zero-order valence-electron chi connectivity index (χ0n) is 10.2. The fourth-order valence-corrected chi connectivity index (χ4v) is 3.19. The Hall–Kier alpha value is -1.36. The maximum absolute atomic E-state index is 12.3. The van der Waals surface area contributed by atoms with Crippen LogP contribution in [0.5, 0.6) is 0 Å². The highest BCUT2D eigenvalue weighted by atomic mass is 35.5. The lowest BCUT2D eigenvalue weighted by Gasteiger charge is -2.06. The van der Waals surface area contributed by atoms with E-state index < -0.39 is 20.5 Å². The Morgan fingerprint density at radius 3 is 1.85 bits per heavy atom. The SMILES string of the molecule is O=C(c1ccc(S(=O)(=O)c2ccccc2)cc1)C(Cl)Cl. The van der Waals surface area contributed by atoms with Gasteiger partial charge in [0.05, 0.1) is 9.79 Å². The number of carbonyl (C=O) groups is 1. The van der Waals surface area contributed by atoms with Gasteiger partial charge >= 0.3 is 0 Å². The van der Waals surface area contributed by atoms with Crippen LogP contribution in [0.15, 0.2) is 64.4 Å². The van der Waals surface area contributed by atoms with Crippen LogP contribution in [0.3, 0.4) is 0 Å². The Morgan fingerprint density at radius 2 is 1.35 bits per heavy atom. The predicted molar refractivity (Wildman–Crippen MR) is 78.2 cm³/mol. The van der Waals surface area contributed by atoms with Crippen molar-refractivity contribution < 1.29 is 13.2 Å². The van der Waals surface area contributed by atoms with E-state index in [0.717, 1.165) is 0 Å². The van der Waals surface area contributed by atoms with Crippen LogP contribution in [-0.4, -0.2) is 19.0 Å². The van der Waals surface area contributed by atoms with E-state index in [2.05, 4.69) is 0 Å². The highest BCUT2D eigenvalue weighted by molar-refractivity contribution is 7.91. The summed E-state index contributed by atoms with van der Waals surface area (Å²) in [6, 6.07) is 13.6. The number of hydrogen-bond donors (Lipinski definition) is 0. The van der Waals surface area contributed by atoms with Crippen LogP contribution in [0.25, 0.3) is 0 Å². The lowest BCUT2D eigenvalue weighted by molar-refractivity contribution is 0.101. The quantitative estimate of drug-likeness (QED) is 0.637. The largest absolute Gasteiger partial charge is 0.291 e. The number of Topliss-reactive ketones (excluding diaryl/α,β-unsaturated/α-hetero) is 1. The maximum atomic E-state index is 12.3. The molecule has 2 aromatic rings. The molecule has 0 N–H and O–H groups in total. The van der Waals surface area contributed by atoms with Gasteiger partial charge in [0.15, 0.2) is 10.6 Å². The van der Waals surface area contributed by atoms with E-state index in [0.29, 0.717) is 0 Å². The van der Waals surface area contributed by atoms with Gasteiger partial charge in [-0.25, -0.2) is 8.42 Å². The number of rotatable bonds is 4. The van der Waals surface area contributed by atoms with E-state index >= 15 is 0 Å². The number of carbonyl (C=O) groups excluding carboxylic acids is 1. The Labute approximate surface area is 127 Å². The minimum absolute atomic E-state index is 0.112. The smallest absolute Gasteiger partial charge is 0.206 e. The summed E-state index contributed by atoms with van der Waals surface area (Å²) in [5, 5.41) is 0. The number of halogens is 2. The number of sulfone groups is 1. The molecule has 3 nitrogen and oxygen atoms in total. The highest BCUT2D eigenvalue weighted by Gasteiger charge is 2.19. The zero-order chi connectivity index (χ0) is 14.8. The lowest BCUT2D eigenvalue weighted by atomic mass is 10.1. The highest BCUT2D eigenvalue weighted by Crippen LogP contribution is 2.21. The minimum atomic E-state index is -3.58. The maximum Gasteiger partial charge on any atom is 0.206 e. The molecule has 2 aromatic carbocycles. The topological polar surface area (TPSA) is 51.2 Å². The summed E-state index contributed by atoms with van der Waals surface area (Å²) in [4.78, 5) is 10.7. The van der Waals surface area contributed by atoms with Crippen LogP contribution < -0.4 is 0 Å². The summed E-state index contributed by atoms with van der Waals surface area (Å²) in [6.07, 6.45) is 0. The zero-order valence-corrected chi connectivity index (χ0v) is 12.5. The third-order valence-corrected chi connectivity index (χ3v) is 4.88. The van der Waals surface area contributed by atoms with Crippen molar-refractivity contribution in [1.82, 2.24) is 0 Å². The van der Waals surface area contributed by atoms with Crippen LogP contribution in [0, 0.1) is 0 Å². The Kier molecular flexibility index (Phi) is 4.48. The molecule has 0 amide bonds. The van der Waals surface area contributed by atoms with Gasteiger partial charge in [-0.15, -0.1) is 0 Å². The molecule has 2 rings (SSSR count). The fraction of sp³-hybridized carbons (Fsp3) is 0.0714. The molecule has 0 spiro atoms. The van der Waals surface area contributed by atoms with Crippen LogP contribution in [0.4, 0.5) is 0 Å². The normalized spacial score (nSPS) is 11.6. The molecular formula is C14H10Cl2O3S. The summed E-state index contributed by atoms with van der Waals surface area (Å²) in [5.41, 5.74) is 0.270. The summed E-state index contributed by atoms with van der Waals surface area (Å²) >= 11 is 11.0. The molecule has 0 aliphatic carbocycles. The van der Waals surface area contributed by atoms with Crippen LogP contribution >= 0.6 is 23.2 Å². The Morgan fingerprint density at radius 1 is 0.850 bits per heavy atom. The molecule has 20 heavy (non-hydrogen) atoms. The number of benzene rings is 2. The van der Waals surface area contributed by atoms with Crippen molar-refractivity contribution in [3.8, 4) is 0 Å². The van der Waals surface area contributed by atoms with Gasteiger partial charge in [-0.1, -0.05) is 53.5 Å².